The lowest BCUT2D eigenvalue weighted by molar-refractivity contribution is -0.114. The Morgan fingerprint density at radius 3 is 2.57 bits per heavy atom. The van der Waals surface area contributed by atoms with Crippen LogP contribution in [0.3, 0.4) is 0 Å². The van der Waals surface area contributed by atoms with E-state index in [1.165, 1.54) is 6.92 Å². The quantitative estimate of drug-likeness (QED) is 0.844. The van der Waals surface area contributed by atoms with Crippen molar-refractivity contribution in [3.63, 3.8) is 0 Å². The largest absolute Gasteiger partial charge is 0.496 e. The van der Waals surface area contributed by atoms with Gasteiger partial charge in [-0.1, -0.05) is 15.9 Å². The van der Waals surface area contributed by atoms with E-state index in [0.717, 1.165) is 27.2 Å². The van der Waals surface area contributed by atoms with Crippen LogP contribution in [0.5, 0.6) is 5.75 Å². The van der Waals surface area contributed by atoms with E-state index in [2.05, 4.69) is 26.2 Å². The first kappa shape index (κ1) is 15.3. The van der Waals surface area contributed by atoms with Crippen LogP contribution in [-0.4, -0.2) is 19.2 Å². The van der Waals surface area contributed by atoms with Gasteiger partial charge >= 0.3 is 0 Å². The van der Waals surface area contributed by atoms with Crippen molar-refractivity contribution in [1.82, 2.24) is 0 Å². The molecule has 1 amide bonds. The first-order chi connectivity index (χ1) is 10.1. The number of ether oxygens (including phenoxy) is 1. The third-order valence-electron chi connectivity index (χ3n) is 2.73. The summed E-state index contributed by atoms with van der Waals surface area (Å²) < 4.78 is 6.26. The third kappa shape index (κ3) is 4.43. The number of nitrogens with one attached hydrogen (secondary N) is 1. The van der Waals surface area contributed by atoms with Gasteiger partial charge in [-0.3, -0.25) is 9.79 Å². The fourth-order valence-corrected chi connectivity index (χ4v) is 2.16. The normalized spacial score (nSPS) is 10.6. The number of halogens is 1. The molecule has 0 aromatic heterocycles. The van der Waals surface area contributed by atoms with Gasteiger partial charge in [0, 0.05) is 28.9 Å². The number of amides is 1. The van der Waals surface area contributed by atoms with Gasteiger partial charge in [0.2, 0.25) is 5.91 Å². The predicted molar refractivity (Wildman–Crippen MR) is 88.7 cm³/mol. The summed E-state index contributed by atoms with van der Waals surface area (Å²) in [5.41, 5.74) is 2.44. The number of aliphatic imine (C=N–C) groups is 1. The average molecular weight is 347 g/mol. The summed E-state index contributed by atoms with van der Waals surface area (Å²) in [6.45, 7) is 1.48. The van der Waals surface area contributed by atoms with Gasteiger partial charge in [0.1, 0.15) is 5.75 Å². The first-order valence-electron chi connectivity index (χ1n) is 6.34. The molecule has 2 aromatic carbocycles. The molecule has 0 heterocycles. The minimum Gasteiger partial charge on any atom is -0.496 e. The van der Waals surface area contributed by atoms with Crippen molar-refractivity contribution in [3.8, 4) is 5.75 Å². The Bertz CT molecular complexity index is 666. The molecule has 0 atom stereocenters. The van der Waals surface area contributed by atoms with E-state index in [-0.39, 0.29) is 5.91 Å². The number of hydrogen-bond donors (Lipinski definition) is 1. The van der Waals surface area contributed by atoms with Gasteiger partial charge in [0.15, 0.2) is 0 Å². The molecule has 2 rings (SSSR count). The van der Waals surface area contributed by atoms with Crippen LogP contribution >= 0.6 is 15.9 Å². The smallest absolute Gasteiger partial charge is 0.221 e. The fourth-order valence-electron chi connectivity index (χ4n) is 1.78. The second-order valence-electron chi connectivity index (χ2n) is 4.37. The zero-order valence-electron chi connectivity index (χ0n) is 11.8. The summed E-state index contributed by atoms with van der Waals surface area (Å²) in [4.78, 5) is 15.4. The summed E-state index contributed by atoms with van der Waals surface area (Å²) in [5.74, 6) is 0.668. The Balaban J connectivity index is 2.17. The van der Waals surface area contributed by atoms with Crippen molar-refractivity contribution in [2.45, 2.75) is 6.92 Å². The zero-order chi connectivity index (χ0) is 15.2. The van der Waals surface area contributed by atoms with Crippen molar-refractivity contribution in [1.29, 1.82) is 0 Å². The first-order valence-corrected chi connectivity index (χ1v) is 7.13. The van der Waals surface area contributed by atoms with Crippen LogP contribution in [0.2, 0.25) is 0 Å². The zero-order valence-corrected chi connectivity index (χ0v) is 13.3. The number of anilines is 1. The number of benzene rings is 2. The van der Waals surface area contributed by atoms with Crippen molar-refractivity contribution in [2.75, 3.05) is 12.4 Å². The standard InChI is InChI=1S/C16H15BrN2O2/c1-11(20)19-15-6-4-14(5-7-15)18-10-12-9-13(17)3-8-16(12)21-2/h3-10H,1-2H3,(H,19,20). The lowest BCUT2D eigenvalue weighted by Gasteiger charge is -2.05. The van der Waals surface area contributed by atoms with Crippen LogP contribution in [0.15, 0.2) is 51.9 Å². The molecule has 0 radical (unpaired) electrons. The predicted octanol–water partition coefficient (Wildman–Crippen LogP) is 4.17. The van der Waals surface area contributed by atoms with Crippen LogP contribution in [0.25, 0.3) is 0 Å². The highest BCUT2D eigenvalue weighted by Gasteiger charge is 2.01. The van der Waals surface area contributed by atoms with E-state index in [0.29, 0.717) is 0 Å². The Morgan fingerprint density at radius 2 is 1.95 bits per heavy atom. The van der Waals surface area contributed by atoms with Crippen LogP contribution in [0.4, 0.5) is 11.4 Å². The van der Waals surface area contributed by atoms with E-state index in [1.54, 1.807) is 13.3 Å². The molecule has 5 heteroatoms. The summed E-state index contributed by atoms with van der Waals surface area (Å²) in [7, 11) is 1.63. The number of carbonyl (C=O) groups excluding carboxylic acids is 1. The number of carbonyl (C=O) groups is 1. The maximum absolute atomic E-state index is 11.0. The van der Waals surface area contributed by atoms with E-state index in [1.807, 2.05) is 42.5 Å². The monoisotopic (exact) mass is 346 g/mol. The highest BCUT2D eigenvalue weighted by Crippen LogP contribution is 2.23. The molecule has 108 valence electrons. The highest BCUT2D eigenvalue weighted by molar-refractivity contribution is 9.10. The molecule has 0 aliphatic heterocycles. The molecular weight excluding hydrogens is 332 g/mol. The Morgan fingerprint density at radius 1 is 1.24 bits per heavy atom. The summed E-state index contributed by atoms with van der Waals surface area (Å²) >= 11 is 3.43. The van der Waals surface area contributed by atoms with E-state index >= 15 is 0 Å². The van der Waals surface area contributed by atoms with Gasteiger partial charge in [-0.15, -0.1) is 0 Å². The van der Waals surface area contributed by atoms with Crippen molar-refractivity contribution >= 4 is 39.4 Å². The van der Waals surface area contributed by atoms with Crippen molar-refractivity contribution in [3.05, 3.63) is 52.5 Å². The van der Waals surface area contributed by atoms with Crippen molar-refractivity contribution < 1.29 is 9.53 Å². The SMILES string of the molecule is COc1ccc(Br)cc1C=Nc1ccc(NC(C)=O)cc1. The van der Waals surface area contributed by atoms with Gasteiger partial charge < -0.3 is 10.1 Å². The molecule has 4 nitrogen and oxygen atoms in total. The molecule has 2 aromatic rings. The summed E-state index contributed by atoms with van der Waals surface area (Å²) in [6.07, 6.45) is 1.75. The van der Waals surface area contributed by atoms with Crippen LogP contribution < -0.4 is 10.1 Å². The minimum absolute atomic E-state index is 0.0925. The van der Waals surface area contributed by atoms with Gasteiger partial charge in [-0.25, -0.2) is 0 Å². The van der Waals surface area contributed by atoms with Gasteiger partial charge in [0.05, 0.1) is 12.8 Å². The number of methoxy groups -OCH3 is 1. The molecule has 0 saturated heterocycles. The molecule has 0 saturated carbocycles. The molecule has 1 N–H and O–H groups in total. The fraction of sp³-hybridized carbons (Fsp3) is 0.125. The molecule has 0 unspecified atom stereocenters. The topological polar surface area (TPSA) is 50.7 Å². The Hall–Kier alpha value is -2.14. The van der Waals surface area contributed by atoms with E-state index < -0.39 is 0 Å². The maximum atomic E-state index is 11.0. The van der Waals surface area contributed by atoms with Gasteiger partial charge in [-0.05, 0) is 42.5 Å². The highest BCUT2D eigenvalue weighted by atomic mass is 79.9. The molecule has 0 bridgehead atoms. The van der Waals surface area contributed by atoms with Gasteiger partial charge in [-0.2, -0.15) is 0 Å². The second kappa shape index (κ2) is 7.04. The molecule has 21 heavy (non-hydrogen) atoms. The second-order valence-corrected chi connectivity index (χ2v) is 5.29. The Kier molecular flexibility index (Phi) is 5.11. The number of rotatable bonds is 4. The van der Waals surface area contributed by atoms with Gasteiger partial charge in [0.25, 0.3) is 0 Å². The Labute approximate surface area is 132 Å². The van der Waals surface area contributed by atoms with Crippen LogP contribution in [-0.2, 0) is 4.79 Å². The third-order valence-corrected chi connectivity index (χ3v) is 3.23. The average Bonchev–Trinajstić information content (AvgIpc) is 2.46. The molecule has 0 fully saturated rings. The number of nitrogens with zero attached hydrogens (tertiary/aromatic N) is 1. The molecular formula is C16H15BrN2O2. The molecule has 0 spiro atoms. The van der Waals surface area contributed by atoms with Crippen LogP contribution in [0.1, 0.15) is 12.5 Å². The maximum Gasteiger partial charge on any atom is 0.221 e. The van der Waals surface area contributed by atoms with E-state index in [4.69, 9.17) is 4.74 Å². The minimum atomic E-state index is -0.0925. The molecule has 0 aliphatic carbocycles. The van der Waals surface area contributed by atoms with Crippen LogP contribution in [0, 0.1) is 0 Å². The summed E-state index contributed by atoms with van der Waals surface area (Å²) in [5, 5.41) is 2.71. The van der Waals surface area contributed by atoms with Crippen molar-refractivity contribution in [2.24, 2.45) is 4.99 Å². The number of hydrogen-bond acceptors (Lipinski definition) is 3. The lowest BCUT2D eigenvalue weighted by Crippen LogP contribution is -2.04. The molecule has 0 aliphatic rings. The lowest BCUT2D eigenvalue weighted by atomic mass is 10.2. The summed E-state index contributed by atoms with van der Waals surface area (Å²) in [6, 6.07) is 13.0. The van der Waals surface area contributed by atoms with E-state index in [9.17, 15) is 4.79 Å².